The monoisotopic (exact) mass is 260 g/mol. The summed E-state index contributed by atoms with van der Waals surface area (Å²) < 4.78 is 29.6. The van der Waals surface area contributed by atoms with E-state index in [9.17, 15) is 13.6 Å². The highest BCUT2D eigenvalue weighted by atomic mass is 35.5. The Bertz CT molecular complexity index is 486. The van der Waals surface area contributed by atoms with Crippen LogP contribution in [0.3, 0.4) is 0 Å². The number of rotatable bonds is 3. The normalized spacial score (nSPS) is 10.1. The molecule has 0 saturated heterocycles. The van der Waals surface area contributed by atoms with Gasteiger partial charge in [-0.25, -0.2) is 13.8 Å². The molecule has 0 amide bonds. The van der Waals surface area contributed by atoms with Crippen molar-refractivity contribution in [1.29, 1.82) is 5.26 Å². The Morgan fingerprint density at radius 3 is 2.82 bits per heavy atom. The van der Waals surface area contributed by atoms with Crippen LogP contribution in [0.4, 0.5) is 8.78 Å². The molecule has 90 valence electrons. The maximum absolute atomic E-state index is 12.6. The Hall–Kier alpha value is -1.74. The van der Waals surface area contributed by atoms with Gasteiger partial charge in [0.05, 0.1) is 19.1 Å². The number of halogens is 3. The highest BCUT2D eigenvalue weighted by Gasteiger charge is 2.20. The first-order chi connectivity index (χ1) is 7.99. The van der Waals surface area contributed by atoms with Gasteiger partial charge in [0.25, 0.3) is 6.43 Å². The summed E-state index contributed by atoms with van der Waals surface area (Å²) >= 11 is 5.53. The Balaban J connectivity index is 3.25. The van der Waals surface area contributed by atoms with Crippen molar-refractivity contribution in [2.24, 2.45) is 0 Å². The SMILES string of the molecule is COC(=O)Cc1cc(C#N)c(Cl)nc1C(F)F. The van der Waals surface area contributed by atoms with Crippen molar-refractivity contribution in [1.82, 2.24) is 4.98 Å². The van der Waals surface area contributed by atoms with E-state index in [1.165, 1.54) is 0 Å². The molecule has 0 saturated carbocycles. The van der Waals surface area contributed by atoms with E-state index in [1.807, 2.05) is 0 Å². The molecule has 0 aromatic carbocycles. The second-order valence-electron chi connectivity index (χ2n) is 3.04. The van der Waals surface area contributed by atoms with Crippen molar-refractivity contribution in [3.8, 4) is 6.07 Å². The van der Waals surface area contributed by atoms with Crippen molar-refractivity contribution in [3.05, 3.63) is 28.0 Å². The topological polar surface area (TPSA) is 63.0 Å². The molecule has 0 fully saturated rings. The fourth-order valence-electron chi connectivity index (χ4n) is 1.18. The van der Waals surface area contributed by atoms with Crippen molar-refractivity contribution in [2.75, 3.05) is 7.11 Å². The summed E-state index contributed by atoms with van der Waals surface area (Å²) in [6, 6.07) is 2.82. The Labute approximate surface area is 101 Å². The van der Waals surface area contributed by atoms with Crippen LogP contribution in [-0.2, 0) is 16.0 Å². The van der Waals surface area contributed by atoms with Gasteiger partial charge in [-0.05, 0) is 11.6 Å². The number of alkyl halides is 2. The quantitative estimate of drug-likeness (QED) is 0.618. The second kappa shape index (κ2) is 5.55. The third-order valence-electron chi connectivity index (χ3n) is 1.98. The van der Waals surface area contributed by atoms with E-state index in [2.05, 4.69) is 9.72 Å². The van der Waals surface area contributed by atoms with E-state index in [0.29, 0.717) is 0 Å². The molecule has 0 N–H and O–H groups in total. The van der Waals surface area contributed by atoms with E-state index in [1.54, 1.807) is 6.07 Å². The lowest BCUT2D eigenvalue weighted by Gasteiger charge is -2.08. The number of pyridine rings is 1. The molecule has 0 aliphatic heterocycles. The summed E-state index contributed by atoms with van der Waals surface area (Å²) in [6.45, 7) is 0. The highest BCUT2D eigenvalue weighted by Crippen LogP contribution is 2.25. The summed E-state index contributed by atoms with van der Waals surface area (Å²) in [6.07, 6.45) is -3.26. The van der Waals surface area contributed by atoms with Crippen molar-refractivity contribution in [2.45, 2.75) is 12.8 Å². The first-order valence-corrected chi connectivity index (χ1v) is 4.81. The number of methoxy groups -OCH3 is 1. The predicted octanol–water partition coefficient (Wildman–Crippen LogP) is 2.26. The van der Waals surface area contributed by atoms with Crippen LogP contribution in [-0.4, -0.2) is 18.1 Å². The lowest BCUT2D eigenvalue weighted by atomic mass is 10.1. The number of nitriles is 1. The number of nitrogens with zero attached hydrogens (tertiary/aromatic N) is 2. The van der Waals surface area contributed by atoms with Crippen LogP contribution in [0.5, 0.6) is 0 Å². The van der Waals surface area contributed by atoms with Crippen LogP contribution >= 0.6 is 11.6 Å². The molecular weight excluding hydrogens is 254 g/mol. The third kappa shape index (κ3) is 3.11. The number of hydrogen-bond donors (Lipinski definition) is 0. The van der Waals surface area contributed by atoms with E-state index in [4.69, 9.17) is 16.9 Å². The maximum Gasteiger partial charge on any atom is 0.310 e. The maximum atomic E-state index is 12.6. The fourth-order valence-corrected chi connectivity index (χ4v) is 1.37. The Morgan fingerprint density at radius 2 is 2.35 bits per heavy atom. The molecule has 0 aliphatic carbocycles. The number of esters is 1. The summed E-state index contributed by atoms with van der Waals surface area (Å²) in [5, 5.41) is 8.38. The number of ether oxygens (including phenoxy) is 1. The number of carbonyl (C=O) groups is 1. The van der Waals surface area contributed by atoms with Gasteiger partial charge in [-0.15, -0.1) is 0 Å². The van der Waals surface area contributed by atoms with E-state index < -0.39 is 18.1 Å². The van der Waals surface area contributed by atoms with Gasteiger partial charge < -0.3 is 4.74 Å². The molecule has 0 spiro atoms. The molecule has 7 heteroatoms. The van der Waals surface area contributed by atoms with Crippen LogP contribution in [0.2, 0.25) is 5.15 Å². The molecule has 4 nitrogen and oxygen atoms in total. The van der Waals surface area contributed by atoms with Crippen molar-refractivity contribution in [3.63, 3.8) is 0 Å². The molecule has 17 heavy (non-hydrogen) atoms. The lowest BCUT2D eigenvalue weighted by molar-refractivity contribution is -0.139. The molecule has 0 radical (unpaired) electrons. The van der Waals surface area contributed by atoms with Crippen LogP contribution in [0.1, 0.15) is 23.2 Å². The van der Waals surface area contributed by atoms with Crippen LogP contribution in [0.15, 0.2) is 6.07 Å². The summed E-state index contributed by atoms with van der Waals surface area (Å²) in [4.78, 5) is 14.4. The Morgan fingerprint density at radius 1 is 1.71 bits per heavy atom. The average molecular weight is 261 g/mol. The van der Waals surface area contributed by atoms with Gasteiger partial charge in [-0.3, -0.25) is 4.79 Å². The summed E-state index contributed by atoms with van der Waals surface area (Å²) in [7, 11) is 1.14. The van der Waals surface area contributed by atoms with Gasteiger partial charge in [-0.2, -0.15) is 5.26 Å². The van der Waals surface area contributed by atoms with E-state index >= 15 is 0 Å². The smallest absolute Gasteiger partial charge is 0.310 e. The van der Waals surface area contributed by atoms with Gasteiger partial charge in [0.15, 0.2) is 0 Å². The summed E-state index contributed by atoms with van der Waals surface area (Å²) in [5.41, 5.74) is -0.734. The zero-order valence-corrected chi connectivity index (χ0v) is 9.46. The molecule has 1 aromatic heterocycles. The van der Waals surface area contributed by atoms with Gasteiger partial charge in [0, 0.05) is 0 Å². The fraction of sp³-hybridized carbons (Fsp3) is 0.300. The first kappa shape index (κ1) is 13.3. The van der Waals surface area contributed by atoms with E-state index in [-0.39, 0.29) is 22.7 Å². The second-order valence-corrected chi connectivity index (χ2v) is 3.39. The predicted molar refractivity (Wildman–Crippen MR) is 54.6 cm³/mol. The van der Waals surface area contributed by atoms with Crippen molar-refractivity contribution >= 4 is 17.6 Å². The number of hydrogen-bond acceptors (Lipinski definition) is 4. The highest BCUT2D eigenvalue weighted by molar-refractivity contribution is 6.30. The third-order valence-corrected chi connectivity index (χ3v) is 2.27. The summed E-state index contributed by atoms with van der Waals surface area (Å²) in [5.74, 6) is -0.695. The van der Waals surface area contributed by atoms with Gasteiger partial charge in [0.2, 0.25) is 0 Å². The zero-order chi connectivity index (χ0) is 13.0. The lowest BCUT2D eigenvalue weighted by Crippen LogP contribution is -2.09. The Kier molecular flexibility index (Phi) is 4.35. The number of carbonyl (C=O) groups excluding carboxylic acids is 1. The zero-order valence-electron chi connectivity index (χ0n) is 8.71. The largest absolute Gasteiger partial charge is 0.469 e. The minimum absolute atomic E-state index is 0.0602. The minimum atomic E-state index is -2.88. The van der Waals surface area contributed by atoms with Crippen molar-refractivity contribution < 1.29 is 18.3 Å². The van der Waals surface area contributed by atoms with Gasteiger partial charge in [-0.1, -0.05) is 11.6 Å². The van der Waals surface area contributed by atoms with Crippen LogP contribution in [0, 0.1) is 11.3 Å². The standard InChI is InChI=1S/C10H7ClF2N2O2/c1-17-7(16)3-5-2-6(4-14)9(11)15-8(5)10(12)13/h2,10H,3H2,1H3. The molecule has 0 unspecified atom stereocenters. The minimum Gasteiger partial charge on any atom is -0.469 e. The first-order valence-electron chi connectivity index (χ1n) is 4.44. The molecular formula is C10H7ClF2N2O2. The molecule has 1 rings (SSSR count). The molecule has 1 aromatic rings. The number of aromatic nitrogens is 1. The van der Waals surface area contributed by atoms with E-state index in [0.717, 1.165) is 13.2 Å². The van der Waals surface area contributed by atoms with Crippen LogP contribution in [0.25, 0.3) is 0 Å². The van der Waals surface area contributed by atoms with Gasteiger partial charge in [0.1, 0.15) is 16.9 Å². The molecule has 1 heterocycles. The van der Waals surface area contributed by atoms with Gasteiger partial charge >= 0.3 is 5.97 Å². The molecule has 0 atom stereocenters. The molecule has 0 aliphatic rings. The average Bonchev–Trinajstić information content (AvgIpc) is 2.30. The molecule has 0 bridgehead atoms. The van der Waals surface area contributed by atoms with Crippen LogP contribution < -0.4 is 0 Å².